The highest BCUT2D eigenvalue weighted by molar-refractivity contribution is 5.69. The fourth-order valence-corrected chi connectivity index (χ4v) is 6.65. The molecule has 0 bridgehead atoms. The van der Waals surface area contributed by atoms with E-state index in [-0.39, 0.29) is 12.1 Å². The van der Waals surface area contributed by atoms with Gasteiger partial charge in [-0.05, 0) is 45.2 Å². The minimum Gasteiger partial charge on any atom is -0.466 e. The Bertz CT molecular complexity index is 583. The van der Waals surface area contributed by atoms with Crippen molar-refractivity contribution in [2.45, 2.75) is 239 Å². The van der Waals surface area contributed by atoms with E-state index in [1.165, 1.54) is 173 Å². The molecule has 276 valence electrons. The molecule has 0 aliphatic rings. The van der Waals surface area contributed by atoms with Gasteiger partial charge in [0.25, 0.3) is 0 Å². The second-order valence-corrected chi connectivity index (χ2v) is 14.6. The first-order valence-electron chi connectivity index (χ1n) is 21.2. The summed E-state index contributed by atoms with van der Waals surface area (Å²) in [6, 6.07) is 0. The molecule has 0 fully saturated rings. The van der Waals surface area contributed by atoms with Crippen molar-refractivity contribution < 1.29 is 14.6 Å². The number of hydrogen-bond acceptors (Lipinski definition) is 4. The predicted molar refractivity (Wildman–Crippen MR) is 203 cm³/mol. The minimum atomic E-state index is -0.249. The van der Waals surface area contributed by atoms with Gasteiger partial charge in [0.1, 0.15) is 0 Å². The molecule has 0 spiro atoms. The summed E-state index contributed by atoms with van der Waals surface area (Å²) in [4.78, 5) is 14.6. The fourth-order valence-electron chi connectivity index (χ4n) is 6.65. The van der Waals surface area contributed by atoms with E-state index >= 15 is 0 Å². The highest BCUT2D eigenvalue weighted by atomic mass is 16.5. The van der Waals surface area contributed by atoms with Gasteiger partial charge < -0.3 is 14.7 Å². The molecule has 0 rings (SSSR count). The quantitative estimate of drug-likeness (QED) is 0.0531. The molecule has 0 saturated heterocycles. The van der Waals surface area contributed by atoms with Crippen molar-refractivity contribution in [1.82, 2.24) is 4.90 Å². The van der Waals surface area contributed by atoms with E-state index in [0.29, 0.717) is 13.0 Å². The van der Waals surface area contributed by atoms with Gasteiger partial charge in [-0.25, -0.2) is 0 Å². The lowest BCUT2D eigenvalue weighted by molar-refractivity contribution is -0.143. The summed E-state index contributed by atoms with van der Waals surface area (Å²) in [6.07, 6.45) is 41.7. The molecule has 0 amide bonds. The summed E-state index contributed by atoms with van der Waals surface area (Å²) in [7, 11) is 0. The second kappa shape index (κ2) is 38.8. The van der Waals surface area contributed by atoms with Crippen LogP contribution in [0.1, 0.15) is 233 Å². The molecule has 4 heteroatoms. The first kappa shape index (κ1) is 45.4. The average molecular weight is 652 g/mol. The Morgan fingerprint density at radius 3 is 1.28 bits per heavy atom. The van der Waals surface area contributed by atoms with Gasteiger partial charge in [-0.15, -0.1) is 0 Å². The van der Waals surface area contributed by atoms with E-state index in [0.717, 1.165) is 51.7 Å². The molecule has 0 saturated carbocycles. The maximum atomic E-state index is 12.1. The normalized spacial score (nSPS) is 12.3. The Morgan fingerprint density at radius 1 is 0.478 bits per heavy atom. The topological polar surface area (TPSA) is 49.8 Å². The van der Waals surface area contributed by atoms with Crippen LogP contribution in [0.15, 0.2) is 0 Å². The molecule has 0 heterocycles. The third-order valence-corrected chi connectivity index (χ3v) is 9.80. The van der Waals surface area contributed by atoms with E-state index < -0.39 is 0 Å². The molecule has 0 aromatic carbocycles. The van der Waals surface area contributed by atoms with Gasteiger partial charge >= 0.3 is 5.97 Å². The van der Waals surface area contributed by atoms with Gasteiger partial charge in [0.15, 0.2) is 0 Å². The van der Waals surface area contributed by atoms with E-state index in [4.69, 9.17) is 4.74 Å². The number of rotatable bonds is 39. The Hall–Kier alpha value is -0.610. The zero-order valence-corrected chi connectivity index (χ0v) is 32.0. The lowest BCUT2D eigenvalue weighted by Crippen LogP contribution is -2.34. The minimum absolute atomic E-state index is 0.0380. The number of aliphatic hydroxyl groups is 1. The molecule has 0 aliphatic carbocycles. The van der Waals surface area contributed by atoms with E-state index in [2.05, 4.69) is 25.7 Å². The molecule has 0 aliphatic heterocycles. The smallest absolute Gasteiger partial charge is 0.305 e. The van der Waals surface area contributed by atoms with Crippen LogP contribution < -0.4 is 0 Å². The number of esters is 1. The summed E-state index contributed by atoms with van der Waals surface area (Å²) < 4.78 is 5.47. The zero-order chi connectivity index (χ0) is 33.6. The number of carbonyl (C=O) groups is 1. The Balaban J connectivity index is 3.71. The van der Waals surface area contributed by atoms with E-state index in [1.807, 2.05) is 0 Å². The van der Waals surface area contributed by atoms with Crippen LogP contribution in [-0.2, 0) is 9.53 Å². The van der Waals surface area contributed by atoms with E-state index in [1.54, 1.807) is 0 Å². The van der Waals surface area contributed by atoms with Crippen molar-refractivity contribution in [1.29, 1.82) is 0 Å². The SMILES string of the molecule is CCCCCCCCCCCCCCCOC(=O)CCCCCC(O)CN(CCCCC)CCCCCCCCCCCCCC. The predicted octanol–water partition coefficient (Wildman–Crippen LogP) is 13.1. The molecule has 1 N–H and O–H groups in total. The summed E-state index contributed by atoms with van der Waals surface area (Å²) in [5.41, 5.74) is 0. The first-order valence-corrected chi connectivity index (χ1v) is 21.2. The third-order valence-electron chi connectivity index (χ3n) is 9.80. The zero-order valence-electron chi connectivity index (χ0n) is 32.0. The molecule has 1 unspecified atom stereocenters. The van der Waals surface area contributed by atoms with Gasteiger partial charge in [0.2, 0.25) is 0 Å². The number of ether oxygens (including phenoxy) is 1. The standard InChI is InChI=1S/C42H85NO3/c1-4-7-10-12-14-16-18-20-22-24-26-28-34-39-46-42(45)36-31-29-30-35-41(44)40-43(37-32-9-6-3)38-33-27-25-23-21-19-17-15-13-11-8-5-2/h41,44H,4-40H2,1-3H3. The summed E-state index contributed by atoms with van der Waals surface area (Å²) in [5, 5.41) is 10.7. The van der Waals surface area contributed by atoms with Gasteiger partial charge in [-0.1, -0.05) is 194 Å². The molecule has 0 aromatic rings. The van der Waals surface area contributed by atoms with E-state index in [9.17, 15) is 9.90 Å². The molecule has 4 nitrogen and oxygen atoms in total. The molecular weight excluding hydrogens is 566 g/mol. The summed E-state index contributed by atoms with van der Waals surface area (Å²) >= 11 is 0. The molecule has 46 heavy (non-hydrogen) atoms. The second-order valence-electron chi connectivity index (χ2n) is 14.6. The van der Waals surface area contributed by atoms with Gasteiger partial charge in [-0.2, -0.15) is 0 Å². The maximum absolute atomic E-state index is 12.1. The Kier molecular flexibility index (Phi) is 38.3. The number of unbranched alkanes of at least 4 members (excludes halogenated alkanes) is 27. The lowest BCUT2D eigenvalue weighted by atomic mass is 10.0. The molecule has 1 atom stereocenters. The fraction of sp³-hybridized carbons (Fsp3) is 0.976. The molecule has 0 radical (unpaired) electrons. The maximum Gasteiger partial charge on any atom is 0.305 e. The van der Waals surface area contributed by atoms with Crippen LogP contribution in [0.25, 0.3) is 0 Å². The van der Waals surface area contributed by atoms with Crippen LogP contribution in [0.2, 0.25) is 0 Å². The summed E-state index contributed by atoms with van der Waals surface area (Å²) in [6.45, 7) is 10.5. The van der Waals surface area contributed by atoms with Crippen LogP contribution >= 0.6 is 0 Å². The number of aliphatic hydroxyl groups excluding tert-OH is 1. The van der Waals surface area contributed by atoms with Crippen molar-refractivity contribution in [2.24, 2.45) is 0 Å². The Labute approximate surface area is 290 Å². The molecular formula is C42H85NO3. The number of hydrogen-bond donors (Lipinski definition) is 1. The van der Waals surface area contributed by atoms with Crippen LogP contribution in [0.4, 0.5) is 0 Å². The molecule has 0 aromatic heterocycles. The number of nitrogens with zero attached hydrogens (tertiary/aromatic N) is 1. The first-order chi connectivity index (χ1) is 22.6. The Morgan fingerprint density at radius 2 is 0.826 bits per heavy atom. The highest BCUT2D eigenvalue weighted by Crippen LogP contribution is 2.15. The van der Waals surface area contributed by atoms with Crippen molar-refractivity contribution in [3.63, 3.8) is 0 Å². The van der Waals surface area contributed by atoms with Gasteiger partial charge in [-0.3, -0.25) is 4.79 Å². The average Bonchev–Trinajstić information content (AvgIpc) is 3.05. The van der Waals surface area contributed by atoms with Crippen LogP contribution in [0.5, 0.6) is 0 Å². The van der Waals surface area contributed by atoms with Gasteiger partial charge in [0.05, 0.1) is 12.7 Å². The third kappa shape index (κ3) is 36.2. The van der Waals surface area contributed by atoms with Crippen molar-refractivity contribution in [3.05, 3.63) is 0 Å². The van der Waals surface area contributed by atoms with Crippen molar-refractivity contribution >= 4 is 5.97 Å². The van der Waals surface area contributed by atoms with Crippen molar-refractivity contribution in [3.8, 4) is 0 Å². The van der Waals surface area contributed by atoms with Crippen molar-refractivity contribution in [2.75, 3.05) is 26.2 Å². The van der Waals surface area contributed by atoms with Crippen LogP contribution in [0, 0.1) is 0 Å². The number of carbonyl (C=O) groups excluding carboxylic acids is 1. The lowest BCUT2D eigenvalue weighted by Gasteiger charge is -2.25. The summed E-state index contributed by atoms with van der Waals surface area (Å²) in [5.74, 6) is -0.0380. The largest absolute Gasteiger partial charge is 0.466 e. The van der Waals surface area contributed by atoms with Crippen LogP contribution in [-0.4, -0.2) is 48.3 Å². The monoisotopic (exact) mass is 652 g/mol. The van der Waals surface area contributed by atoms with Gasteiger partial charge in [0, 0.05) is 13.0 Å². The van der Waals surface area contributed by atoms with Crippen LogP contribution in [0.3, 0.4) is 0 Å². The highest BCUT2D eigenvalue weighted by Gasteiger charge is 2.12.